The lowest BCUT2D eigenvalue weighted by Crippen LogP contribution is -1.88. The fourth-order valence-corrected chi connectivity index (χ4v) is 0.622. The smallest absolute Gasteiger partial charge is 0.0608 e. The van der Waals surface area contributed by atoms with Gasteiger partial charge in [0, 0.05) is 7.05 Å². The number of rotatable bonds is 2. The topological polar surface area (TPSA) is 24.7 Å². The summed E-state index contributed by atoms with van der Waals surface area (Å²) in [5.41, 5.74) is 1.05. The Labute approximate surface area is 56.7 Å². The van der Waals surface area contributed by atoms with E-state index in [-0.39, 0.29) is 0 Å². The monoisotopic (exact) mass is 126 g/mol. The van der Waals surface area contributed by atoms with Gasteiger partial charge in [0.2, 0.25) is 0 Å². The van der Waals surface area contributed by atoms with E-state index < -0.39 is 0 Å². The highest BCUT2D eigenvalue weighted by molar-refractivity contribution is 4.99. The van der Waals surface area contributed by atoms with Gasteiger partial charge in [0.25, 0.3) is 0 Å². The molecule has 0 saturated heterocycles. The molecule has 0 N–H and O–H groups in total. The van der Waals surface area contributed by atoms with Crippen LogP contribution in [-0.2, 0) is 0 Å². The lowest BCUT2D eigenvalue weighted by Gasteiger charge is -2.00. The standard InChI is InChI=1S/C7H14N2/c1-5-7(6(2)3)9-8-4/h5-6H,1-4H3/b7-5-,9-8?. The van der Waals surface area contributed by atoms with Gasteiger partial charge in [-0.15, -0.1) is 0 Å². The average molecular weight is 126 g/mol. The minimum atomic E-state index is 0.485. The van der Waals surface area contributed by atoms with Gasteiger partial charge in [-0.05, 0) is 12.8 Å². The third kappa shape index (κ3) is 3.01. The average Bonchev–Trinajstić information content (AvgIpc) is 1.82. The molecule has 52 valence electrons. The molecule has 0 heterocycles. The summed E-state index contributed by atoms with van der Waals surface area (Å²) in [5.74, 6) is 0.485. The Morgan fingerprint density at radius 1 is 1.44 bits per heavy atom. The zero-order valence-corrected chi connectivity index (χ0v) is 6.55. The molecule has 0 radical (unpaired) electrons. The van der Waals surface area contributed by atoms with E-state index in [1.165, 1.54) is 0 Å². The van der Waals surface area contributed by atoms with Crippen molar-refractivity contribution in [1.82, 2.24) is 0 Å². The van der Waals surface area contributed by atoms with E-state index in [0.29, 0.717) is 5.92 Å². The second-order valence-electron chi connectivity index (χ2n) is 2.17. The van der Waals surface area contributed by atoms with E-state index in [0.717, 1.165) is 5.70 Å². The zero-order chi connectivity index (χ0) is 7.28. The Hall–Kier alpha value is -0.660. The predicted molar refractivity (Wildman–Crippen MR) is 39.4 cm³/mol. The minimum Gasteiger partial charge on any atom is -0.192 e. The second kappa shape index (κ2) is 4.24. The highest BCUT2D eigenvalue weighted by atomic mass is 15.1. The van der Waals surface area contributed by atoms with Gasteiger partial charge in [0.15, 0.2) is 0 Å². The lowest BCUT2D eigenvalue weighted by molar-refractivity contribution is 0.736. The minimum absolute atomic E-state index is 0.485. The van der Waals surface area contributed by atoms with Crippen molar-refractivity contribution < 1.29 is 0 Å². The van der Waals surface area contributed by atoms with Crippen molar-refractivity contribution in [3.63, 3.8) is 0 Å². The first-order valence-corrected chi connectivity index (χ1v) is 3.18. The number of azo groups is 1. The second-order valence-corrected chi connectivity index (χ2v) is 2.17. The third-order valence-electron chi connectivity index (χ3n) is 1.10. The van der Waals surface area contributed by atoms with E-state index in [9.17, 15) is 0 Å². The summed E-state index contributed by atoms with van der Waals surface area (Å²) in [6.07, 6.45) is 1.98. The Kier molecular flexibility index (Phi) is 3.93. The fourth-order valence-electron chi connectivity index (χ4n) is 0.622. The SMILES string of the molecule is C/C=C(\N=NC)C(C)C. The maximum Gasteiger partial charge on any atom is 0.0608 e. The van der Waals surface area contributed by atoms with Crippen LogP contribution in [0.15, 0.2) is 22.0 Å². The quantitative estimate of drug-likeness (QED) is 0.508. The molecule has 2 heteroatoms. The fraction of sp³-hybridized carbons (Fsp3) is 0.714. The predicted octanol–water partition coefficient (Wildman–Crippen LogP) is 2.63. The Bertz CT molecular complexity index is 123. The summed E-state index contributed by atoms with van der Waals surface area (Å²) in [7, 11) is 1.69. The number of hydrogen-bond acceptors (Lipinski definition) is 2. The molecule has 0 spiro atoms. The van der Waals surface area contributed by atoms with Crippen molar-refractivity contribution in [2.24, 2.45) is 16.1 Å². The normalized spacial score (nSPS) is 13.7. The highest BCUT2D eigenvalue weighted by Crippen LogP contribution is 2.09. The summed E-state index contributed by atoms with van der Waals surface area (Å²) < 4.78 is 0. The molecule has 0 rings (SSSR count). The maximum atomic E-state index is 3.93. The molecule has 0 fully saturated rings. The number of allylic oxidation sites excluding steroid dienone is 2. The van der Waals surface area contributed by atoms with Gasteiger partial charge < -0.3 is 0 Å². The first kappa shape index (κ1) is 8.34. The van der Waals surface area contributed by atoms with Crippen LogP contribution < -0.4 is 0 Å². The van der Waals surface area contributed by atoms with Crippen molar-refractivity contribution in [3.8, 4) is 0 Å². The molecule has 0 bridgehead atoms. The molecule has 0 aromatic carbocycles. The zero-order valence-electron chi connectivity index (χ0n) is 6.55. The van der Waals surface area contributed by atoms with E-state index in [4.69, 9.17) is 0 Å². The molecule has 0 aliphatic carbocycles. The molecule has 0 saturated carbocycles. The van der Waals surface area contributed by atoms with Crippen molar-refractivity contribution in [3.05, 3.63) is 11.8 Å². The van der Waals surface area contributed by atoms with Crippen LogP contribution in [0.5, 0.6) is 0 Å². The van der Waals surface area contributed by atoms with Crippen LogP contribution in [0.2, 0.25) is 0 Å². The molecule has 0 amide bonds. The number of nitrogens with zero attached hydrogens (tertiary/aromatic N) is 2. The summed E-state index contributed by atoms with van der Waals surface area (Å²) in [4.78, 5) is 0. The van der Waals surface area contributed by atoms with Crippen molar-refractivity contribution in [1.29, 1.82) is 0 Å². The van der Waals surface area contributed by atoms with Gasteiger partial charge in [-0.2, -0.15) is 10.2 Å². The molecular weight excluding hydrogens is 112 g/mol. The van der Waals surface area contributed by atoms with Gasteiger partial charge >= 0.3 is 0 Å². The van der Waals surface area contributed by atoms with Crippen LogP contribution in [-0.4, -0.2) is 7.05 Å². The van der Waals surface area contributed by atoms with E-state index >= 15 is 0 Å². The van der Waals surface area contributed by atoms with Crippen molar-refractivity contribution >= 4 is 0 Å². The van der Waals surface area contributed by atoms with Gasteiger partial charge in [-0.3, -0.25) is 0 Å². The van der Waals surface area contributed by atoms with Crippen LogP contribution in [0, 0.1) is 5.92 Å². The Balaban J connectivity index is 4.01. The van der Waals surface area contributed by atoms with E-state index in [1.54, 1.807) is 7.05 Å². The van der Waals surface area contributed by atoms with Crippen LogP contribution in [0.1, 0.15) is 20.8 Å². The van der Waals surface area contributed by atoms with Gasteiger partial charge in [0.1, 0.15) is 0 Å². The molecule has 0 aliphatic rings. The highest BCUT2D eigenvalue weighted by Gasteiger charge is 1.97. The van der Waals surface area contributed by atoms with Crippen LogP contribution >= 0.6 is 0 Å². The largest absolute Gasteiger partial charge is 0.192 e. The van der Waals surface area contributed by atoms with Crippen LogP contribution in [0.3, 0.4) is 0 Å². The summed E-state index contributed by atoms with van der Waals surface area (Å²) in [6.45, 7) is 6.18. The number of hydrogen-bond donors (Lipinski definition) is 0. The Morgan fingerprint density at radius 2 is 2.00 bits per heavy atom. The molecule has 0 aliphatic heterocycles. The van der Waals surface area contributed by atoms with Crippen LogP contribution in [0.25, 0.3) is 0 Å². The van der Waals surface area contributed by atoms with Gasteiger partial charge in [-0.25, -0.2) is 0 Å². The Morgan fingerprint density at radius 3 is 2.11 bits per heavy atom. The van der Waals surface area contributed by atoms with Crippen molar-refractivity contribution in [2.75, 3.05) is 7.05 Å². The first-order chi connectivity index (χ1) is 4.22. The maximum absolute atomic E-state index is 3.93. The third-order valence-corrected chi connectivity index (χ3v) is 1.10. The first-order valence-electron chi connectivity index (χ1n) is 3.18. The van der Waals surface area contributed by atoms with Crippen LogP contribution in [0.4, 0.5) is 0 Å². The molecular formula is C7H14N2. The molecule has 0 aromatic heterocycles. The van der Waals surface area contributed by atoms with E-state index in [1.807, 2.05) is 13.0 Å². The molecule has 0 unspecified atom stereocenters. The molecule has 9 heavy (non-hydrogen) atoms. The summed E-state index contributed by atoms with van der Waals surface area (Å²) in [6, 6.07) is 0. The molecule has 0 aromatic rings. The molecule has 2 nitrogen and oxygen atoms in total. The van der Waals surface area contributed by atoms with Crippen molar-refractivity contribution in [2.45, 2.75) is 20.8 Å². The summed E-state index contributed by atoms with van der Waals surface area (Å²) in [5, 5.41) is 7.61. The van der Waals surface area contributed by atoms with E-state index in [2.05, 4.69) is 24.1 Å². The molecule has 0 atom stereocenters. The lowest BCUT2D eigenvalue weighted by atomic mass is 10.1. The summed E-state index contributed by atoms with van der Waals surface area (Å²) >= 11 is 0. The van der Waals surface area contributed by atoms with Gasteiger partial charge in [0.05, 0.1) is 5.70 Å². The van der Waals surface area contributed by atoms with Gasteiger partial charge in [-0.1, -0.05) is 19.9 Å².